The van der Waals surface area contributed by atoms with E-state index in [4.69, 9.17) is 4.74 Å². The highest BCUT2D eigenvalue weighted by molar-refractivity contribution is 5.93. The van der Waals surface area contributed by atoms with E-state index < -0.39 is 0 Å². The summed E-state index contributed by atoms with van der Waals surface area (Å²) in [5.41, 5.74) is 1.63. The molecule has 1 saturated heterocycles. The van der Waals surface area contributed by atoms with Crippen molar-refractivity contribution in [2.75, 3.05) is 56.7 Å². The Morgan fingerprint density at radius 1 is 1.14 bits per heavy atom. The van der Waals surface area contributed by atoms with E-state index in [1.165, 1.54) is 0 Å². The Kier molecular flexibility index (Phi) is 6.90. The minimum atomic E-state index is -0.0185. The van der Waals surface area contributed by atoms with Gasteiger partial charge < -0.3 is 19.4 Å². The Morgan fingerprint density at radius 2 is 1.83 bits per heavy atom. The van der Waals surface area contributed by atoms with Crippen LogP contribution in [0.1, 0.15) is 36.1 Å². The largest absolute Gasteiger partial charge is 0.497 e. The molecule has 1 aromatic heterocycles. The average Bonchev–Trinajstić information content (AvgIpc) is 2.76. The van der Waals surface area contributed by atoms with E-state index in [0.717, 1.165) is 49.7 Å². The zero-order chi connectivity index (χ0) is 20.8. The van der Waals surface area contributed by atoms with E-state index >= 15 is 0 Å². The third-order valence-corrected chi connectivity index (χ3v) is 5.29. The smallest absolute Gasteiger partial charge is 0.272 e. The molecule has 0 radical (unpaired) electrons. The van der Waals surface area contributed by atoms with Crippen molar-refractivity contribution < 1.29 is 9.53 Å². The van der Waals surface area contributed by atoms with Crippen molar-refractivity contribution in [1.29, 1.82) is 0 Å². The maximum absolute atomic E-state index is 13.0. The van der Waals surface area contributed by atoms with Crippen LogP contribution in [0.25, 0.3) is 0 Å². The first-order valence-corrected chi connectivity index (χ1v) is 10.3. The number of unbranched alkanes of at least 4 members (excludes halogenated alkanes) is 1. The molecule has 156 valence electrons. The summed E-state index contributed by atoms with van der Waals surface area (Å²) >= 11 is 0. The number of aromatic nitrogens is 2. The molecule has 1 fully saturated rings. The van der Waals surface area contributed by atoms with Crippen molar-refractivity contribution in [3.63, 3.8) is 0 Å². The quantitative estimate of drug-likeness (QED) is 0.716. The van der Waals surface area contributed by atoms with Gasteiger partial charge in [0.1, 0.15) is 23.1 Å². The number of aryl methyl sites for hydroxylation is 1. The zero-order valence-electron chi connectivity index (χ0n) is 17.9. The van der Waals surface area contributed by atoms with Crippen molar-refractivity contribution in [1.82, 2.24) is 14.9 Å². The van der Waals surface area contributed by atoms with Crippen LogP contribution in [0.2, 0.25) is 0 Å². The van der Waals surface area contributed by atoms with E-state index in [2.05, 4.69) is 38.8 Å². The van der Waals surface area contributed by atoms with Gasteiger partial charge in [-0.05, 0) is 37.6 Å². The van der Waals surface area contributed by atoms with Gasteiger partial charge in [-0.15, -0.1) is 0 Å². The lowest BCUT2D eigenvalue weighted by Crippen LogP contribution is -2.49. The summed E-state index contributed by atoms with van der Waals surface area (Å²) in [6.07, 6.45) is 2.22. The number of anilines is 2. The van der Waals surface area contributed by atoms with Crippen LogP contribution in [0.3, 0.4) is 0 Å². The Bertz CT molecular complexity index is 816. The Labute approximate surface area is 173 Å². The number of benzene rings is 1. The molecule has 2 heterocycles. The summed E-state index contributed by atoms with van der Waals surface area (Å²) in [7, 11) is 3.68. The van der Waals surface area contributed by atoms with Crippen LogP contribution in [0.5, 0.6) is 5.75 Å². The number of carbonyl (C=O) groups excluding carboxylic acids is 1. The summed E-state index contributed by atoms with van der Waals surface area (Å²) < 4.78 is 5.22. The highest BCUT2D eigenvalue weighted by Crippen LogP contribution is 2.21. The molecule has 0 unspecified atom stereocenters. The van der Waals surface area contributed by atoms with Gasteiger partial charge >= 0.3 is 0 Å². The van der Waals surface area contributed by atoms with Gasteiger partial charge in [-0.2, -0.15) is 0 Å². The molecule has 0 N–H and O–H groups in total. The van der Waals surface area contributed by atoms with Gasteiger partial charge in [-0.25, -0.2) is 9.97 Å². The SMILES string of the molecule is CCCCN(C)c1cc(C(=O)N2CCN(c3ccc(OC)cc3)CC2)nc(C)n1. The molecule has 1 aliphatic rings. The highest BCUT2D eigenvalue weighted by Gasteiger charge is 2.24. The van der Waals surface area contributed by atoms with E-state index in [-0.39, 0.29) is 5.91 Å². The number of piperazine rings is 1. The molecule has 2 aromatic rings. The van der Waals surface area contributed by atoms with Crippen molar-refractivity contribution in [3.8, 4) is 5.75 Å². The molecular formula is C22H31N5O2. The molecule has 1 aliphatic heterocycles. The maximum Gasteiger partial charge on any atom is 0.272 e. The standard InChI is InChI=1S/C22H31N5O2/c1-5-6-11-25(3)21-16-20(23-17(2)24-21)22(28)27-14-12-26(13-15-27)18-7-9-19(29-4)10-8-18/h7-10,16H,5-6,11-15H2,1-4H3. The molecular weight excluding hydrogens is 366 g/mol. The van der Waals surface area contributed by atoms with Gasteiger partial charge in [0.05, 0.1) is 7.11 Å². The lowest BCUT2D eigenvalue weighted by Gasteiger charge is -2.36. The average molecular weight is 398 g/mol. The van der Waals surface area contributed by atoms with E-state index in [0.29, 0.717) is 24.6 Å². The van der Waals surface area contributed by atoms with Crippen LogP contribution in [-0.2, 0) is 0 Å². The fourth-order valence-electron chi connectivity index (χ4n) is 3.49. The zero-order valence-corrected chi connectivity index (χ0v) is 17.9. The van der Waals surface area contributed by atoms with E-state index in [1.807, 2.05) is 37.1 Å². The molecule has 3 rings (SSSR count). The van der Waals surface area contributed by atoms with Gasteiger partial charge in [-0.1, -0.05) is 13.3 Å². The first-order chi connectivity index (χ1) is 14.0. The Morgan fingerprint density at radius 3 is 2.45 bits per heavy atom. The lowest BCUT2D eigenvalue weighted by molar-refractivity contribution is 0.0740. The van der Waals surface area contributed by atoms with Crippen LogP contribution in [0.15, 0.2) is 30.3 Å². The molecule has 0 saturated carbocycles. The molecule has 0 atom stereocenters. The minimum absolute atomic E-state index is 0.0185. The summed E-state index contributed by atoms with van der Waals surface area (Å²) in [4.78, 5) is 28.2. The van der Waals surface area contributed by atoms with Crippen molar-refractivity contribution in [2.24, 2.45) is 0 Å². The van der Waals surface area contributed by atoms with Crippen LogP contribution >= 0.6 is 0 Å². The van der Waals surface area contributed by atoms with Crippen LogP contribution in [-0.4, -0.2) is 67.7 Å². The third kappa shape index (κ3) is 5.16. The number of hydrogen-bond acceptors (Lipinski definition) is 6. The monoisotopic (exact) mass is 397 g/mol. The first kappa shape index (κ1) is 20.9. The van der Waals surface area contributed by atoms with E-state index in [9.17, 15) is 4.79 Å². The first-order valence-electron chi connectivity index (χ1n) is 10.3. The molecule has 7 heteroatoms. The summed E-state index contributed by atoms with van der Waals surface area (Å²) in [5, 5.41) is 0. The molecule has 0 aliphatic carbocycles. The number of carbonyl (C=O) groups is 1. The van der Waals surface area contributed by atoms with Crippen LogP contribution < -0.4 is 14.5 Å². The highest BCUT2D eigenvalue weighted by atomic mass is 16.5. The number of methoxy groups -OCH3 is 1. The summed E-state index contributed by atoms with van der Waals surface area (Å²) in [6, 6.07) is 9.87. The van der Waals surface area contributed by atoms with Gasteiger partial charge in [0, 0.05) is 51.5 Å². The number of hydrogen-bond donors (Lipinski definition) is 0. The maximum atomic E-state index is 13.0. The molecule has 0 spiro atoms. The second kappa shape index (κ2) is 9.58. The van der Waals surface area contributed by atoms with Gasteiger partial charge in [0.25, 0.3) is 5.91 Å². The van der Waals surface area contributed by atoms with Crippen molar-refractivity contribution >= 4 is 17.4 Å². The molecule has 0 bridgehead atoms. The third-order valence-electron chi connectivity index (χ3n) is 5.29. The topological polar surface area (TPSA) is 61.8 Å². The predicted octanol–water partition coefficient (Wildman–Crippen LogP) is 2.99. The number of amides is 1. The summed E-state index contributed by atoms with van der Waals surface area (Å²) in [5.74, 6) is 2.27. The van der Waals surface area contributed by atoms with E-state index in [1.54, 1.807) is 7.11 Å². The molecule has 29 heavy (non-hydrogen) atoms. The van der Waals surface area contributed by atoms with Gasteiger partial charge in [-0.3, -0.25) is 4.79 Å². The normalized spacial score (nSPS) is 14.1. The molecule has 7 nitrogen and oxygen atoms in total. The second-order valence-corrected chi connectivity index (χ2v) is 7.41. The number of ether oxygens (including phenoxy) is 1. The predicted molar refractivity (Wildman–Crippen MR) is 116 cm³/mol. The fourth-order valence-corrected chi connectivity index (χ4v) is 3.49. The Balaban J connectivity index is 1.64. The van der Waals surface area contributed by atoms with Crippen LogP contribution in [0.4, 0.5) is 11.5 Å². The molecule has 1 amide bonds. The second-order valence-electron chi connectivity index (χ2n) is 7.41. The number of rotatable bonds is 7. The summed E-state index contributed by atoms with van der Waals surface area (Å²) in [6.45, 7) is 7.87. The van der Waals surface area contributed by atoms with Crippen LogP contribution in [0, 0.1) is 6.92 Å². The van der Waals surface area contributed by atoms with Gasteiger partial charge in [0.15, 0.2) is 0 Å². The Hall–Kier alpha value is -2.83. The minimum Gasteiger partial charge on any atom is -0.497 e. The van der Waals surface area contributed by atoms with Crippen molar-refractivity contribution in [2.45, 2.75) is 26.7 Å². The van der Waals surface area contributed by atoms with Crippen molar-refractivity contribution in [3.05, 3.63) is 41.9 Å². The fraction of sp³-hybridized carbons (Fsp3) is 0.500. The number of nitrogens with zero attached hydrogens (tertiary/aromatic N) is 5. The van der Waals surface area contributed by atoms with Gasteiger partial charge in [0.2, 0.25) is 0 Å². The lowest BCUT2D eigenvalue weighted by atomic mass is 10.2. The molecule has 1 aromatic carbocycles.